The van der Waals surface area contributed by atoms with E-state index in [9.17, 15) is 17.6 Å². The number of halogens is 2. The minimum Gasteiger partial charge on any atom is -0.326 e. The van der Waals surface area contributed by atoms with E-state index in [0.717, 1.165) is 6.07 Å². The van der Waals surface area contributed by atoms with E-state index in [-0.39, 0.29) is 12.3 Å². The van der Waals surface area contributed by atoms with Gasteiger partial charge in [-0.15, -0.1) is 0 Å². The number of amides is 1. The number of aryl methyl sites for hydroxylation is 1. The van der Waals surface area contributed by atoms with Crippen molar-refractivity contribution in [2.45, 2.75) is 17.7 Å². The molecule has 23 heavy (non-hydrogen) atoms. The Morgan fingerprint density at radius 2 is 1.91 bits per heavy atom. The van der Waals surface area contributed by atoms with E-state index in [4.69, 9.17) is 0 Å². The van der Waals surface area contributed by atoms with Gasteiger partial charge in [0.25, 0.3) is 10.0 Å². The number of carbonyl (C=O) groups is 1. The van der Waals surface area contributed by atoms with E-state index in [1.54, 1.807) is 24.3 Å². The molecule has 0 unspecified atom stereocenters. The summed E-state index contributed by atoms with van der Waals surface area (Å²) in [5, 5.41) is 2.54. The summed E-state index contributed by atoms with van der Waals surface area (Å²) in [7, 11) is -4.06. The van der Waals surface area contributed by atoms with E-state index < -0.39 is 20.7 Å². The number of sulfonamides is 1. The predicted molar refractivity (Wildman–Crippen MR) is 93.3 cm³/mol. The molecule has 1 aliphatic rings. The molecule has 0 atom stereocenters. The van der Waals surface area contributed by atoms with Gasteiger partial charge in [-0.25, -0.2) is 12.8 Å². The molecule has 0 aromatic heterocycles. The van der Waals surface area contributed by atoms with Gasteiger partial charge in [-0.3, -0.25) is 9.52 Å². The second-order valence-corrected chi connectivity index (χ2v) is 7.89. The van der Waals surface area contributed by atoms with E-state index in [1.165, 1.54) is 6.07 Å². The molecular formula is C15H12FIN2O3S. The van der Waals surface area contributed by atoms with Crippen molar-refractivity contribution in [3.8, 4) is 0 Å². The highest BCUT2D eigenvalue weighted by atomic mass is 127. The highest BCUT2D eigenvalue weighted by molar-refractivity contribution is 14.1. The van der Waals surface area contributed by atoms with Crippen molar-refractivity contribution in [2.24, 2.45) is 0 Å². The van der Waals surface area contributed by atoms with Crippen LogP contribution in [0.25, 0.3) is 0 Å². The van der Waals surface area contributed by atoms with Crippen molar-refractivity contribution in [1.82, 2.24) is 0 Å². The zero-order valence-corrected chi connectivity index (χ0v) is 14.7. The van der Waals surface area contributed by atoms with Gasteiger partial charge in [0.2, 0.25) is 5.91 Å². The molecule has 0 radical (unpaired) electrons. The number of benzene rings is 2. The summed E-state index contributed by atoms with van der Waals surface area (Å²) < 4.78 is 42.3. The van der Waals surface area contributed by atoms with Crippen LogP contribution in [0.15, 0.2) is 41.3 Å². The Labute approximate surface area is 146 Å². The lowest BCUT2D eigenvalue weighted by Crippen LogP contribution is -2.21. The topological polar surface area (TPSA) is 75.3 Å². The smallest absolute Gasteiger partial charge is 0.264 e. The Morgan fingerprint density at radius 1 is 1.17 bits per heavy atom. The molecule has 0 aliphatic carbocycles. The average molecular weight is 446 g/mol. The molecule has 1 aliphatic heterocycles. The maximum Gasteiger partial charge on any atom is 0.264 e. The van der Waals surface area contributed by atoms with Crippen molar-refractivity contribution < 1.29 is 17.6 Å². The highest BCUT2D eigenvalue weighted by Crippen LogP contribution is 2.29. The summed E-state index contributed by atoms with van der Waals surface area (Å²) in [5.74, 6) is -1.10. The van der Waals surface area contributed by atoms with Crippen LogP contribution in [0.4, 0.5) is 15.8 Å². The van der Waals surface area contributed by atoms with Gasteiger partial charge in [-0.1, -0.05) is 12.1 Å². The molecule has 8 heteroatoms. The third kappa shape index (κ3) is 3.32. The first-order valence-corrected chi connectivity index (χ1v) is 9.32. The largest absolute Gasteiger partial charge is 0.326 e. The summed E-state index contributed by atoms with van der Waals surface area (Å²) in [6.07, 6.45) is 0.634. The normalized spacial score (nSPS) is 14.1. The average Bonchev–Trinajstić information content (AvgIpc) is 2.48. The summed E-state index contributed by atoms with van der Waals surface area (Å²) in [4.78, 5) is 10.9. The maximum atomic E-state index is 14.2. The number of anilines is 2. The summed E-state index contributed by atoms with van der Waals surface area (Å²) in [5.41, 5.74) is 1.32. The van der Waals surface area contributed by atoms with Crippen LogP contribution in [-0.4, -0.2) is 14.3 Å². The molecule has 1 amide bonds. The van der Waals surface area contributed by atoms with Gasteiger partial charge in [0.15, 0.2) is 0 Å². The number of rotatable bonds is 3. The SMILES string of the molecule is O=C1CCc2cc(S(=O)(=O)Nc3ccccc3I)c(F)cc2N1. The van der Waals surface area contributed by atoms with E-state index in [1.807, 2.05) is 22.6 Å². The van der Waals surface area contributed by atoms with Crippen LogP contribution in [0.1, 0.15) is 12.0 Å². The van der Waals surface area contributed by atoms with Gasteiger partial charge in [0.1, 0.15) is 10.7 Å². The summed E-state index contributed by atoms with van der Waals surface area (Å²) >= 11 is 2.00. The zero-order chi connectivity index (χ0) is 16.6. The highest BCUT2D eigenvalue weighted by Gasteiger charge is 2.24. The molecule has 3 rings (SSSR count). The van der Waals surface area contributed by atoms with Crippen LogP contribution in [-0.2, 0) is 21.2 Å². The number of nitrogens with one attached hydrogen (secondary N) is 2. The Hall–Kier alpha value is -1.68. The van der Waals surface area contributed by atoms with Gasteiger partial charge in [0.05, 0.1) is 5.69 Å². The number of carbonyl (C=O) groups excluding carboxylic acids is 1. The Morgan fingerprint density at radius 3 is 2.65 bits per heavy atom. The summed E-state index contributed by atoms with van der Waals surface area (Å²) in [6.45, 7) is 0. The van der Waals surface area contributed by atoms with Gasteiger partial charge < -0.3 is 5.32 Å². The lowest BCUT2D eigenvalue weighted by atomic mass is 10.0. The Balaban J connectivity index is 2.00. The van der Waals surface area contributed by atoms with Crippen molar-refractivity contribution in [3.05, 3.63) is 51.3 Å². The molecular weight excluding hydrogens is 434 g/mol. The first-order chi connectivity index (χ1) is 10.9. The predicted octanol–water partition coefficient (Wildman–Crippen LogP) is 3.12. The first kappa shape index (κ1) is 16.2. The van der Waals surface area contributed by atoms with E-state index in [2.05, 4.69) is 10.0 Å². The van der Waals surface area contributed by atoms with Crippen LogP contribution in [0.2, 0.25) is 0 Å². The molecule has 0 bridgehead atoms. The molecule has 2 aromatic carbocycles. The van der Waals surface area contributed by atoms with Crippen LogP contribution in [0.5, 0.6) is 0 Å². The lowest BCUT2D eigenvalue weighted by Gasteiger charge is -2.18. The first-order valence-electron chi connectivity index (χ1n) is 6.76. The molecule has 2 N–H and O–H groups in total. The minimum absolute atomic E-state index is 0.204. The number of para-hydroxylation sites is 1. The molecule has 0 saturated heterocycles. The maximum absolute atomic E-state index is 14.2. The number of fused-ring (bicyclic) bond motifs is 1. The van der Waals surface area contributed by atoms with E-state index in [0.29, 0.717) is 26.9 Å². The fourth-order valence-corrected chi connectivity index (χ4v) is 4.23. The molecule has 0 fully saturated rings. The van der Waals surface area contributed by atoms with Gasteiger partial charge in [-0.2, -0.15) is 0 Å². The van der Waals surface area contributed by atoms with E-state index >= 15 is 0 Å². The lowest BCUT2D eigenvalue weighted by molar-refractivity contribution is -0.116. The van der Waals surface area contributed by atoms with Crippen LogP contribution in [0, 0.1) is 9.39 Å². The standard InChI is InChI=1S/C15H12FIN2O3S/c16-10-8-13-9(5-6-15(20)18-13)7-14(10)23(21,22)19-12-4-2-1-3-11(12)17/h1-4,7-8,19H,5-6H2,(H,18,20). The van der Waals surface area contributed by atoms with Crippen molar-refractivity contribution in [3.63, 3.8) is 0 Å². The van der Waals surface area contributed by atoms with Gasteiger partial charge >= 0.3 is 0 Å². The monoisotopic (exact) mass is 446 g/mol. The fraction of sp³-hybridized carbons (Fsp3) is 0.133. The second-order valence-electron chi connectivity index (χ2n) is 5.07. The quantitative estimate of drug-likeness (QED) is 0.712. The minimum atomic E-state index is -4.06. The van der Waals surface area contributed by atoms with Gasteiger partial charge in [-0.05, 0) is 58.8 Å². The molecule has 2 aromatic rings. The van der Waals surface area contributed by atoms with Crippen LogP contribution < -0.4 is 10.0 Å². The molecule has 0 spiro atoms. The number of hydrogen-bond donors (Lipinski definition) is 2. The fourth-order valence-electron chi connectivity index (χ4n) is 2.33. The molecule has 1 heterocycles. The zero-order valence-electron chi connectivity index (χ0n) is 11.8. The molecule has 0 saturated carbocycles. The Kier molecular flexibility index (Phi) is 4.28. The van der Waals surface area contributed by atoms with Crippen molar-refractivity contribution in [2.75, 3.05) is 10.0 Å². The molecule has 120 valence electrons. The third-order valence-electron chi connectivity index (χ3n) is 3.46. The summed E-state index contributed by atoms with van der Waals surface area (Å²) in [6, 6.07) is 9.16. The number of hydrogen-bond acceptors (Lipinski definition) is 3. The van der Waals surface area contributed by atoms with Crippen LogP contribution in [0.3, 0.4) is 0 Å². The third-order valence-corrected chi connectivity index (χ3v) is 5.78. The van der Waals surface area contributed by atoms with Crippen molar-refractivity contribution in [1.29, 1.82) is 0 Å². The molecule has 5 nitrogen and oxygen atoms in total. The Bertz CT molecular complexity index is 900. The van der Waals surface area contributed by atoms with Crippen molar-refractivity contribution >= 4 is 49.9 Å². The van der Waals surface area contributed by atoms with Gasteiger partial charge in [0, 0.05) is 15.7 Å². The van der Waals surface area contributed by atoms with Crippen LogP contribution >= 0.6 is 22.6 Å². The second kappa shape index (κ2) is 6.08.